The average Bonchev–Trinajstić information content (AvgIpc) is 2.69. The molecule has 6 nitrogen and oxygen atoms in total. The minimum absolute atomic E-state index is 0.160. The van der Waals surface area contributed by atoms with E-state index in [0.717, 1.165) is 6.92 Å². The van der Waals surface area contributed by atoms with Crippen LogP contribution in [0.4, 0.5) is 35.1 Å². The molecule has 0 heterocycles. The van der Waals surface area contributed by atoms with Crippen molar-refractivity contribution in [2.45, 2.75) is 20.0 Å². The second-order valence-corrected chi connectivity index (χ2v) is 6.30. The highest BCUT2D eigenvalue weighted by Gasteiger charge is 2.30. The van der Waals surface area contributed by atoms with Crippen molar-refractivity contribution in [3.05, 3.63) is 34.6 Å². The highest BCUT2D eigenvalue weighted by atomic mass is 32.1. The summed E-state index contributed by atoms with van der Waals surface area (Å²) in [7, 11) is 0. The molecule has 0 saturated heterocycles. The van der Waals surface area contributed by atoms with Gasteiger partial charge in [0.1, 0.15) is 12.3 Å². The first kappa shape index (κ1) is 26.4. The van der Waals surface area contributed by atoms with E-state index in [2.05, 4.69) is 33.2 Å². The third kappa shape index (κ3) is 7.54. The minimum Gasteiger partial charge on any atom is -0.362 e. The fraction of sp³-hybridized carbons (Fsp3) is 0.333. The number of halogens is 8. The number of rotatable bonds is 6. The number of hydrogen-bond donors (Lipinski definition) is 4. The number of alkyl halides is 3. The molecule has 0 aliphatic carbocycles. The number of thiocarbonyl (C=S) groups is 2. The monoisotopic (exact) mass is 494 g/mol. The lowest BCUT2D eigenvalue weighted by atomic mass is 10.0. The summed E-state index contributed by atoms with van der Waals surface area (Å²) in [5.41, 5.74) is 1.23. The van der Waals surface area contributed by atoms with Crippen LogP contribution in [0.1, 0.15) is 19.4 Å². The lowest BCUT2D eigenvalue weighted by Gasteiger charge is -2.13. The van der Waals surface area contributed by atoms with Gasteiger partial charge < -0.3 is 10.6 Å². The summed E-state index contributed by atoms with van der Waals surface area (Å²) in [6.45, 7) is 1.47. The molecule has 172 valence electrons. The molecule has 0 aliphatic rings. The van der Waals surface area contributed by atoms with E-state index in [-0.39, 0.29) is 5.11 Å². The molecule has 1 aromatic rings. The zero-order chi connectivity index (χ0) is 23.9. The molecular weight excluding hydrogens is 480 g/mol. The summed E-state index contributed by atoms with van der Waals surface area (Å²) in [6, 6.07) is 0. The van der Waals surface area contributed by atoms with E-state index in [0.29, 0.717) is 6.54 Å². The van der Waals surface area contributed by atoms with Crippen LogP contribution in [0.2, 0.25) is 0 Å². The van der Waals surface area contributed by atoms with Crippen molar-refractivity contribution in [1.82, 2.24) is 21.5 Å². The van der Waals surface area contributed by atoms with Crippen LogP contribution in [0.25, 0.3) is 0 Å². The molecule has 0 atom stereocenters. The van der Waals surface area contributed by atoms with Crippen LogP contribution < -0.4 is 21.5 Å². The van der Waals surface area contributed by atoms with E-state index in [1.165, 1.54) is 0 Å². The number of nitrogens with zero attached hydrogens (tertiary/aromatic N) is 2. The second-order valence-electron chi connectivity index (χ2n) is 5.48. The summed E-state index contributed by atoms with van der Waals surface area (Å²) < 4.78 is 106. The fourth-order valence-electron chi connectivity index (χ4n) is 1.84. The van der Waals surface area contributed by atoms with Crippen LogP contribution in [0.5, 0.6) is 0 Å². The molecular formula is C15H14F8N6S2. The molecule has 0 bridgehead atoms. The van der Waals surface area contributed by atoms with Crippen molar-refractivity contribution in [2.24, 2.45) is 10.2 Å². The highest BCUT2D eigenvalue weighted by Crippen LogP contribution is 2.24. The number of hydrogen-bond acceptors (Lipinski definition) is 4. The molecule has 0 aromatic heterocycles. The van der Waals surface area contributed by atoms with E-state index in [1.54, 1.807) is 12.2 Å². The summed E-state index contributed by atoms with van der Waals surface area (Å²) in [5, 5.41) is 10.5. The predicted molar refractivity (Wildman–Crippen MR) is 105 cm³/mol. The van der Waals surface area contributed by atoms with Crippen LogP contribution in [-0.4, -0.2) is 40.9 Å². The third-order valence-electron chi connectivity index (χ3n) is 3.17. The Morgan fingerprint density at radius 3 is 1.74 bits per heavy atom. The SMILES string of the molecule is CCNC(=S)NN=C(C(C)=NNC(=S)NCC(F)(F)F)c1c(F)c(F)c(F)c(F)c1F. The Labute approximate surface area is 181 Å². The van der Waals surface area contributed by atoms with Crippen LogP contribution in [0.3, 0.4) is 0 Å². The summed E-state index contributed by atoms with van der Waals surface area (Å²) >= 11 is 9.37. The van der Waals surface area contributed by atoms with Gasteiger partial charge in [0, 0.05) is 6.54 Å². The van der Waals surface area contributed by atoms with Crippen molar-refractivity contribution >= 4 is 46.1 Å². The molecule has 0 unspecified atom stereocenters. The quantitative estimate of drug-likeness (QED) is 0.122. The Hall–Kier alpha value is -2.62. The molecule has 1 rings (SSSR count). The molecule has 31 heavy (non-hydrogen) atoms. The van der Waals surface area contributed by atoms with Gasteiger partial charge in [-0.1, -0.05) is 0 Å². The van der Waals surface area contributed by atoms with Crippen molar-refractivity contribution in [3.63, 3.8) is 0 Å². The first-order valence-electron chi connectivity index (χ1n) is 8.08. The van der Waals surface area contributed by atoms with Gasteiger partial charge in [0.15, 0.2) is 33.5 Å². The Morgan fingerprint density at radius 2 is 1.26 bits per heavy atom. The maximum atomic E-state index is 14.2. The van der Waals surface area contributed by atoms with Crippen molar-refractivity contribution in [3.8, 4) is 0 Å². The van der Waals surface area contributed by atoms with Gasteiger partial charge in [-0.3, -0.25) is 10.9 Å². The van der Waals surface area contributed by atoms with E-state index in [9.17, 15) is 35.1 Å². The van der Waals surface area contributed by atoms with Gasteiger partial charge in [0.25, 0.3) is 0 Å². The minimum atomic E-state index is -4.60. The van der Waals surface area contributed by atoms with Gasteiger partial charge in [0.05, 0.1) is 11.3 Å². The first-order valence-corrected chi connectivity index (χ1v) is 8.90. The largest absolute Gasteiger partial charge is 0.405 e. The molecule has 0 amide bonds. The Morgan fingerprint density at radius 1 is 0.806 bits per heavy atom. The Bertz CT molecular complexity index is 887. The second kappa shape index (κ2) is 11.1. The third-order valence-corrected chi connectivity index (χ3v) is 3.64. The van der Waals surface area contributed by atoms with Gasteiger partial charge >= 0.3 is 6.18 Å². The number of nitrogens with one attached hydrogen (secondary N) is 4. The lowest BCUT2D eigenvalue weighted by molar-refractivity contribution is -0.122. The van der Waals surface area contributed by atoms with Gasteiger partial charge in [-0.2, -0.15) is 23.4 Å². The summed E-state index contributed by atoms with van der Waals surface area (Å²) in [5.74, 6) is -11.3. The van der Waals surface area contributed by atoms with Gasteiger partial charge in [-0.25, -0.2) is 22.0 Å². The maximum Gasteiger partial charge on any atom is 0.405 e. The van der Waals surface area contributed by atoms with Crippen LogP contribution in [-0.2, 0) is 0 Å². The van der Waals surface area contributed by atoms with Crippen LogP contribution in [0.15, 0.2) is 10.2 Å². The van der Waals surface area contributed by atoms with Gasteiger partial charge in [-0.05, 0) is 38.3 Å². The lowest BCUT2D eigenvalue weighted by Crippen LogP contribution is -2.39. The smallest absolute Gasteiger partial charge is 0.362 e. The zero-order valence-electron chi connectivity index (χ0n) is 15.6. The molecule has 0 saturated carbocycles. The van der Waals surface area contributed by atoms with Crippen molar-refractivity contribution in [1.29, 1.82) is 0 Å². The van der Waals surface area contributed by atoms with Gasteiger partial charge in [0.2, 0.25) is 5.82 Å². The molecule has 1 aromatic carbocycles. The molecule has 0 fully saturated rings. The molecule has 0 spiro atoms. The first-order chi connectivity index (χ1) is 14.3. The zero-order valence-corrected chi connectivity index (χ0v) is 17.3. The topological polar surface area (TPSA) is 72.8 Å². The van der Waals surface area contributed by atoms with E-state index in [1.807, 2.05) is 5.43 Å². The van der Waals surface area contributed by atoms with Gasteiger partial charge in [-0.15, -0.1) is 0 Å². The fourth-order valence-corrected chi connectivity index (χ4v) is 2.15. The van der Waals surface area contributed by atoms with Crippen molar-refractivity contribution in [2.75, 3.05) is 13.1 Å². The van der Waals surface area contributed by atoms with E-state index in [4.69, 9.17) is 12.2 Å². The van der Waals surface area contributed by atoms with Crippen LogP contribution in [0, 0.1) is 29.1 Å². The van der Waals surface area contributed by atoms with Crippen LogP contribution >= 0.6 is 24.4 Å². The van der Waals surface area contributed by atoms with E-state index >= 15 is 0 Å². The highest BCUT2D eigenvalue weighted by molar-refractivity contribution is 7.80. The molecule has 4 N–H and O–H groups in total. The maximum absolute atomic E-state index is 14.2. The molecule has 0 radical (unpaired) electrons. The standard InChI is InChI=1S/C15H14F8N6S2/c1-3-24-13(30)29-27-12(5(2)26-28-14(31)25-4-15(21,22)23)6-7(16)9(18)11(20)10(19)8(6)17/h3-4H2,1-2H3,(H2,24,29,30)(H2,25,28,31). The number of hydrazone groups is 2. The number of benzene rings is 1. The molecule has 16 heteroatoms. The van der Waals surface area contributed by atoms with E-state index < -0.39 is 63.9 Å². The Balaban J connectivity index is 3.36. The summed E-state index contributed by atoms with van der Waals surface area (Å²) in [4.78, 5) is 0. The Kier molecular flexibility index (Phi) is 9.48. The average molecular weight is 494 g/mol. The molecule has 0 aliphatic heterocycles. The predicted octanol–water partition coefficient (Wildman–Crippen LogP) is 2.97. The van der Waals surface area contributed by atoms with Crippen molar-refractivity contribution < 1.29 is 35.1 Å². The normalized spacial score (nSPS) is 12.5. The summed E-state index contributed by atoms with van der Waals surface area (Å²) in [6.07, 6.45) is -4.60.